The van der Waals surface area contributed by atoms with E-state index >= 15 is 0 Å². The molecule has 1 N–H and O–H groups in total. The first-order chi connectivity index (χ1) is 9.86. The van der Waals surface area contributed by atoms with Gasteiger partial charge in [-0.05, 0) is 32.3 Å². The lowest BCUT2D eigenvalue weighted by atomic mass is 10.3. The van der Waals surface area contributed by atoms with Gasteiger partial charge in [0.15, 0.2) is 0 Å². The predicted molar refractivity (Wildman–Crippen MR) is 88.2 cm³/mol. The predicted octanol–water partition coefficient (Wildman–Crippen LogP) is 3.12. The molecule has 1 heterocycles. The zero-order chi connectivity index (χ0) is 15.6. The summed E-state index contributed by atoms with van der Waals surface area (Å²) in [5, 5.41) is 3.35. The van der Waals surface area contributed by atoms with E-state index in [1.807, 2.05) is 19.9 Å². The highest BCUT2D eigenvalue weighted by Crippen LogP contribution is 2.35. The number of hydrogen-bond acceptors (Lipinski definition) is 4. The van der Waals surface area contributed by atoms with Gasteiger partial charge in [-0.1, -0.05) is 20.8 Å². The first-order valence-corrected chi connectivity index (χ1v) is 9.96. The molecule has 4 nitrogen and oxygen atoms in total. The number of sulfonamides is 1. The Kier molecular flexibility index (Phi) is 5.46. The molecule has 1 aliphatic rings. The molecule has 1 fully saturated rings. The summed E-state index contributed by atoms with van der Waals surface area (Å²) in [5.74, 6) is 0. The maximum absolute atomic E-state index is 12.9. The lowest BCUT2D eigenvalue weighted by Gasteiger charge is -2.21. The van der Waals surface area contributed by atoms with E-state index in [2.05, 4.69) is 19.2 Å². The van der Waals surface area contributed by atoms with Crippen LogP contribution in [0.25, 0.3) is 0 Å². The number of aryl methyl sites for hydroxylation is 1. The summed E-state index contributed by atoms with van der Waals surface area (Å²) in [6, 6.07) is 2.48. The molecule has 0 amide bonds. The minimum Gasteiger partial charge on any atom is -0.310 e. The fraction of sp³-hybridized carbons (Fsp3) is 0.733. The molecule has 1 aliphatic carbocycles. The van der Waals surface area contributed by atoms with Gasteiger partial charge in [0.25, 0.3) is 0 Å². The van der Waals surface area contributed by atoms with Crippen molar-refractivity contribution in [2.24, 2.45) is 0 Å². The van der Waals surface area contributed by atoms with Crippen LogP contribution in [0.5, 0.6) is 0 Å². The molecule has 0 bridgehead atoms. The Balaban J connectivity index is 2.22. The van der Waals surface area contributed by atoms with E-state index in [-0.39, 0.29) is 6.04 Å². The lowest BCUT2D eigenvalue weighted by Crippen LogP contribution is -2.33. The molecule has 0 spiro atoms. The molecule has 1 aromatic heterocycles. The maximum Gasteiger partial charge on any atom is 0.244 e. The van der Waals surface area contributed by atoms with Gasteiger partial charge in [-0.3, -0.25) is 0 Å². The zero-order valence-corrected chi connectivity index (χ0v) is 15.0. The highest BCUT2D eigenvalue weighted by Gasteiger charge is 2.38. The second-order valence-electron chi connectivity index (χ2n) is 6.02. The molecular weight excluding hydrogens is 304 g/mol. The Bertz CT molecular complexity index is 574. The molecule has 6 heteroatoms. The zero-order valence-electron chi connectivity index (χ0n) is 13.3. The third kappa shape index (κ3) is 4.06. The third-order valence-corrected chi connectivity index (χ3v) is 6.85. The summed E-state index contributed by atoms with van der Waals surface area (Å²) in [6.45, 7) is 9.48. The molecule has 2 rings (SSSR count). The van der Waals surface area contributed by atoms with E-state index in [0.717, 1.165) is 35.6 Å². The van der Waals surface area contributed by atoms with Crippen molar-refractivity contribution in [2.75, 3.05) is 6.54 Å². The second kappa shape index (κ2) is 6.77. The molecule has 21 heavy (non-hydrogen) atoms. The first-order valence-electron chi connectivity index (χ1n) is 7.70. The van der Waals surface area contributed by atoms with Gasteiger partial charge in [0.2, 0.25) is 10.0 Å². The van der Waals surface area contributed by atoms with Crippen LogP contribution in [0.3, 0.4) is 0 Å². The number of nitrogens with zero attached hydrogens (tertiary/aromatic N) is 1. The van der Waals surface area contributed by atoms with E-state index in [4.69, 9.17) is 0 Å². The van der Waals surface area contributed by atoms with Crippen molar-refractivity contribution < 1.29 is 8.42 Å². The molecule has 0 atom stereocenters. The average molecular weight is 331 g/mol. The fourth-order valence-electron chi connectivity index (χ4n) is 2.38. The van der Waals surface area contributed by atoms with Crippen molar-refractivity contribution >= 4 is 21.4 Å². The smallest absolute Gasteiger partial charge is 0.244 e. The minimum atomic E-state index is -3.33. The summed E-state index contributed by atoms with van der Waals surface area (Å²) >= 11 is 1.58. The van der Waals surface area contributed by atoms with E-state index in [9.17, 15) is 8.42 Å². The molecular formula is C15H26N2O2S2. The quantitative estimate of drug-likeness (QED) is 0.797. The monoisotopic (exact) mass is 330 g/mol. The second-order valence-corrected chi connectivity index (χ2v) is 9.22. The maximum atomic E-state index is 12.9. The number of thiophene rings is 1. The van der Waals surface area contributed by atoms with Crippen LogP contribution in [0.15, 0.2) is 11.0 Å². The van der Waals surface area contributed by atoms with Crippen LogP contribution in [0.1, 0.15) is 49.8 Å². The Morgan fingerprint density at radius 2 is 2.10 bits per heavy atom. The van der Waals surface area contributed by atoms with E-state index in [0.29, 0.717) is 17.5 Å². The molecule has 120 valence electrons. The van der Waals surface area contributed by atoms with Crippen molar-refractivity contribution in [3.8, 4) is 0 Å². The standard InChI is InChI=1S/C15H26N2O2S2/c1-5-8-17(13-6-7-13)21(18,19)15-9-14(20-12(15)4)10-16-11(2)3/h9,11,13,16H,5-8,10H2,1-4H3. The molecule has 1 aromatic rings. The van der Waals surface area contributed by atoms with Crippen LogP contribution in [0.4, 0.5) is 0 Å². The van der Waals surface area contributed by atoms with Gasteiger partial charge in [-0.15, -0.1) is 11.3 Å². The summed E-state index contributed by atoms with van der Waals surface area (Å²) in [5.41, 5.74) is 0. The first kappa shape index (κ1) is 16.9. The van der Waals surface area contributed by atoms with Crippen LogP contribution in [-0.4, -0.2) is 31.4 Å². The molecule has 0 unspecified atom stereocenters. The van der Waals surface area contributed by atoms with Crippen molar-refractivity contribution in [3.05, 3.63) is 15.8 Å². The van der Waals surface area contributed by atoms with E-state index in [1.165, 1.54) is 0 Å². The number of rotatable bonds is 8. The molecule has 0 saturated heterocycles. The van der Waals surface area contributed by atoms with Gasteiger partial charge < -0.3 is 5.32 Å². The fourth-order valence-corrected chi connectivity index (χ4v) is 5.71. The van der Waals surface area contributed by atoms with Crippen molar-refractivity contribution in [1.82, 2.24) is 9.62 Å². The van der Waals surface area contributed by atoms with E-state index < -0.39 is 10.0 Å². The Morgan fingerprint density at radius 1 is 1.43 bits per heavy atom. The summed E-state index contributed by atoms with van der Waals surface area (Å²) in [7, 11) is -3.33. The van der Waals surface area contributed by atoms with Crippen molar-refractivity contribution in [3.63, 3.8) is 0 Å². The highest BCUT2D eigenvalue weighted by molar-refractivity contribution is 7.89. The summed E-state index contributed by atoms with van der Waals surface area (Å²) < 4.78 is 27.5. The van der Waals surface area contributed by atoms with Gasteiger partial charge in [0.05, 0.1) is 4.90 Å². The topological polar surface area (TPSA) is 49.4 Å². The van der Waals surface area contributed by atoms with Crippen molar-refractivity contribution in [1.29, 1.82) is 0 Å². The normalized spacial score (nSPS) is 16.1. The molecule has 0 aliphatic heterocycles. The van der Waals surface area contributed by atoms with Gasteiger partial charge in [-0.25, -0.2) is 8.42 Å². The van der Waals surface area contributed by atoms with Crippen LogP contribution in [-0.2, 0) is 16.6 Å². The average Bonchev–Trinajstić information content (AvgIpc) is 3.16. The Labute approximate surface area is 132 Å². The van der Waals surface area contributed by atoms with E-state index in [1.54, 1.807) is 15.6 Å². The Hall–Kier alpha value is -0.430. The van der Waals surface area contributed by atoms with Crippen LogP contribution in [0.2, 0.25) is 0 Å². The van der Waals surface area contributed by atoms with Crippen LogP contribution in [0, 0.1) is 6.92 Å². The SMILES string of the molecule is CCCN(C1CC1)S(=O)(=O)c1cc(CNC(C)C)sc1C. The highest BCUT2D eigenvalue weighted by atomic mass is 32.2. The third-order valence-electron chi connectivity index (χ3n) is 3.59. The van der Waals surface area contributed by atoms with Gasteiger partial charge in [0.1, 0.15) is 0 Å². The molecule has 1 saturated carbocycles. The number of nitrogens with one attached hydrogen (secondary N) is 1. The summed E-state index contributed by atoms with van der Waals surface area (Å²) in [4.78, 5) is 2.50. The summed E-state index contributed by atoms with van der Waals surface area (Å²) in [6.07, 6.45) is 2.87. The lowest BCUT2D eigenvalue weighted by molar-refractivity contribution is 0.403. The van der Waals surface area contributed by atoms with Gasteiger partial charge in [-0.2, -0.15) is 4.31 Å². The Morgan fingerprint density at radius 3 is 2.62 bits per heavy atom. The molecule has 0 aromatic carbocycles. The number of hydrogen-bond donors (Lipinski definition) is 1. The molecule has 0 radical (unpaired) electrons. The van der Waals surface area contributed by atoms with Crippen LogP contribution < -0.4 is 5.32 Å². The minimum absolute atomic E-state index is 0.228. The van der Waals surface area contributed by atoms with Gasteiger partial charge in [0, 0.05) is 34.9 Å². The van der Waals surface area contributed by atoms with Crippen LogP contribution >= 0.6 is 11.3 Å². The largest absolute Gasteiger partial charge is 0.310 e. The van der Waals surface area contributed by atoms with Gasteiger partial charge >= 0.3 is 0 Å². The van der Waals surface area contributed by atoms with Crippen molar-refractivity contribution in [2.45, 2.75) is 70.5 Å².